The van der Waals surface area contributed by atoms with E-state index in [9.17, 15) is 13.2 Å². The molecular formula is C12H16BrNO3S2. The number of ketones is 1. The normalized spacial score (nSPS) is 20.9. The highest BCUT2D eigenvalue weighted by Gasteiger charge is 2.37. The molecule has 1 unspecified atom stereocenters. The fourth-order valence-electron chi connectivity index (χ4n) is 2.47. The minimum absolute atomic E-state index is 0.0373. The maximum atomic E-state index is 12.7. The number of carbonyl (C=O) groups excluding carboxylic acids is 1. The van der Waals surface area contributed by atoms with E-state index in [1.54, 1.807) is 13.0 Å². The van der Waals surface area contributed by atoms with Gasteiger partial charge in [-0.15, -0.1) is 11.3 Å². The predicted octanol–water partition coefficient (Wildman–Crippen LogP) is 2.95. The number of hydrogen-bond donors (Lipinski definition) is 0. The van der Waals surface area contributed by atoms with Gasteiger partial charge >= 0.3 is 0 Å². The van der Waals surface area contributed by atoms with Crippen LogP contribution in [0.15, 0.2) is 14.7 Å². The van der Waals surface area contributed by atoms with Gasteiger partial charge in [0, 0.05) is 23.9 Å². The molecule has 0 bridgehead atoms. The molecule has 0 amide bonds. The van der Waals surface area contributed by atoms with Crippen molar-refractivity contribution in [3.05, 3.63) is 14.7 Å². The van der Waals surface area contributed by atoms with Gasteiger partial charge in [-0.25, -0.2) is 8.42 Å². The molecule has 0 spiro atoms. The van der Waals surface area contributed by atoms with Gasteiger partial charge in [-0.1, -0.05) is 0 Å². The van der Waals surface area contributed by atoms with E-state index in [1.807, 2.05) is 0 Å². The van der Waals surface area contributed by atoms with Crippen LogP contribution in [0.25, 0.3) is 0 Å². The van der Waals surface area contributed by atoms with E-state index in [4.69, 9.17) is 0 Å². The summed E-state index contributed by atoms with van der Waals surface area (Å²) >= 11 is 4.73. The zero-order chi connectivity index (χ0) is 14.2. The highest BCUT2D eigenvalue weighted by atomic mass is 79.9. The summed E-state index contributed by atoms with van der Waals surface area (Å²) in [5, 5.41) is 0. The highest BCUT2D eigenvalue weighted by molar-refractivity contribution is 9.11. The van der Waals surface area contributed by atoms with E-state index in [0.29, 0.717) is 17.9 Å². The molecule has 1 atom stereocenters. The number of sulfonamides is 1. The molecule has 1 aromatic heterocycles. The minimum Gasteiger partial charge on any atom is -0.300 e. The molecule has 0 aliphatic carbocycles. The first-order chi connectivity index (χ1) is 8.82. The van der Waals surface area contributed by atoms with Crippen molar-refractivity contribution in [2.24, 2.45) is 0 Å². The smallest absolute Gasteiger partial charge is 0.244 e. The van der Waals surface area contributed by atoms with E-state index in [0.717, 1.165) is 21.5 Å². The molecular weight excluding hydrogens is 350 g/mol. The number of aryl methyl sites for hydroxylation is 1. The average Bonchev–Trinajstić information content (AvgIpc) is 2.84. The highest BCUT2D eigenvalue weighted by Crippen LogP contribution is 2.34. The summed E-state index contributed by atoms with van der Waals surface area (Å²) in [6.07, 6.45) is 1.90. The molecule has 0 aromatic carbocycles. The van der Waals surface area contributed by atoms with Crippen molar-refractivity contribution in [1.82, 2.24) is 4.31 Å². The minimum atomic E-state index is -3.48. The molecule has 2 heterocycles. The lowest BCUT2D eigenvalue weighted by molar-refractivity contribution is -0.117. The second-order valence-electron chi connectivity index (χ2n) is 4.79. The van der Waals surface area contributed by atoms with Crippen molar-refractivity contribution in [2.45, 2.75) is 44.0 Å². The Bertz CT molecular complexity index is 594. The molecule has 1 fully saturated rings. The fraction of sp³-hybridized carbons (Fsp3) is 0.583. The van der Waals surface area contributed by atoms with Crippen molar-refractivity contribution in [3.8, 4) is 0 Å². The van der Waals surface area contributed by atoms with Gasteiger partial charge in [0.1, 0.15) is 5.78 Å². The van der Waals surface area contributed by atoms with Crippen LogP contribution in [0.5, 0.6) is 0 Å². The van der Waals surface area contributed by atoms with Crippen LogP contribution in [-0.2, 0) is 14.8 Å². The number of thiophene rings is 1. The summed E-state index contributed by atoms with van der Waals surface area (Å²) in [6.45, 7) is 3.82. The molecule has 7 heteroatoms. The summed E-state index contributed by atoms with van der Waals surface area (Å²) in [6, 6.07) is 1.47. The zero-order valence-electron chi connectivity index (χ0n) is 10.8. The van der Waals surface area contributed by atoms with Gasteiger partial charge < -0.3 is 0 Å². The van der Waals surface area contributed by atoms with Crippen molar-refractivity contribution in [3.63, 3.8) is 0 Å². The van der Waals surface area contributed by atoms with E-state index in [1.165, 1.54) is 22.6 Å². The summed E-state index contributed by atoms with van der Waals surface area (Å²) in [4.78, 5) is 12.4. The van der Waals surface area contributed by atoms with Gasteiger partial charge in [0.05, 0.1) is 8.68 Å². The molecule has 1 aliphatic rings. The average molecular weight is 366 g/mol. The molecule has 1 saturated heterocycles. The van der Waals surface area contributed by atoms with Crippen LogP contribution in [0.4, 0.5) is 0 Å². The third-order valence-corrected chi connectivity index (χ3v) is 7.04. The largest absolute Gasteiger partial charge is 0.300 e. The van der Waals surface area contributed by atoms with Crippen molar-refractivity contribution in [1.29, 1.82) is 0 Å². The van der Waals surface area contributed by atoms with Gasteiger partial charge in [0.15, 0.2) is 0 Å². The van der Waals surface area contributed by atoms with Crippen LogP contribution in [0, 0.1) is 6.92 Å². The summed E-state index contributed by atoms with van der Waals surface area (Å²) in [7, 11) is -3.48. The Balaban J connectivity index is 2.33. The van der Waals surface area contributed by atoms with Crippen molar-refractivity contribution in [2.75, 3.05) is 6.54 Å². The lowest BCUT2D eigenvalue weighted by atomic mass is 10.1. The van der Waals surface area contributed by atoms with E-state index >= 15 is 0 Å². The van der Waals surface area contributed by atoms with Crippen LogP contribution < -0.4 is 0 Å². The molecule has 0 saturated carbocycles. The van der Waals surface area contributed by atoms with Crippen LogP contribution in [-0.4, -0.2) is 31.1 Å². The quantitative estimate of drug-likeness (QED) is 0.823. The lowest BCUT2D eigenvalue weighted by Gasteiger charge is -2.23. The van der Waals surface area contributed by atoms with Crippen LogP contribution in [0.3, 0.4) is 0 Å². The summed E-state index contributed by atoms with van der Waals surface area (Å²) in [5.41, 5.74) is 0. The maximum Gasteiger partial charge on any atom is 0.244 e. The third kappa shape index (κ3) is 3.09. The van der Waals surface area contributed by atoms with E-state index < -0.39 is 10.0 Å². The zero-order valence-corrected chi connectivity index (χ0v) is 14.1. The Hall–Kier alpha value is -0.240. The van der Waals surface area contributed by atoms with Crippen molar-refractivity contribution >= 4 is 43.1 Å². The number of rotatable bonds is 4. The van der Waals surface area contributed by atoms with Gasteiger partial charge in [-0.2, -0.15) is 4.31 Å². The van der Waals surface area contributed by atoms with Gasteiger partial charge in [-0.3, -0.25) is 4.79 Å². The van der Waals surface area contributed by atoms with Gasteiger partial charge in [0.2, 0.25) is 10.0 Å². The number of nitrogens with zero attached hydrogens (tertiary/aromatic N) is 1. The first-order valence-corrected chi connectivity index (χ1v) is 9.14. The SMILES string of the molecule is CC(=O)CC1CCCN1S(=O)(=O)c1cc(Br)sc1C. The Kier molecular flexibility index (Phi) is 4.49. The standard InChI is InChI=1S/C12H16BrNO3S2/c1-8(15)6-10-4-3-5-14(10)19(16,17)11-7-12(13)18-9(11)2/h7,10H,3-6H2,1-2H3. The molecule has 106 valence electrons. The summed E-state index contributed by atoms with van der Waals surface area (Å²) in [5.74, 6) is 0.0373. The Morgan fingerprint density at radius 2 is 2.26 bits per heavy atom. The second-order valence-corrected chi connectivity index (χ2v) is 9.28. The lowest BCUT2D eigenvalue weighted by Crippen LogP contribution is -2.36. The van der Waals surface area contributed by atoms with Crippen LogP contribution in [0.1, 0.15) is 31.1 Å². The molecule has 4 nitrogen and oxygen atoms in total. The molecule has 1 aliphatic heterocycles. The first kappa shape index (κ1) is 15.2. The topological polar surface area (TPSA) is 54.5 Å². The maximum absolute atomic E-state index is 12.7. The number of Topliss-reactive ketones (excluding diaryl/α,β-unsaturated/α-hetero) is 1. The number of hydrogen-bond acceptors (Lipinski definition) is 4. The summed E-state index contributed by atoms with van der Waals surface area (Å²) < 4.78 is 27.6. The van der Waals surface area contributed by atoms with E-state index in [-0.39, 0.29) is 11.8 Å². The Morgan fingerprint density at radius 1 is 1.58 bits per heavy atom. The Morgan fingerprint density at radius 3 is 2.79 bits per heavy atom. The first-order valence-electron chi connectivity index (χ1n) is 6.09. The second kappa shape index (κ2) is 5.63. The number of carbonyl (C=O) groups is 1. The van der Waals surface area contributed by atoms with Gasteiger partial charge in [0.25, 0.3) is 0 Å². The molecule has 0 radical (unpaired) electrons. The fourth-order valence-corrected chi connectivity index (χ4v) is 6.55. The van der Waals surface area contributed by atoms with Crippen molar-refractivity contribution < 1.29 is 13.2 Å². The van der Waals surface area contributed by atoms with Crippen LogP contribution >= 0.6 is 27.3 Å². The van der Waals surface area contributed by atoms with Crippen LogP contribution in [0.2, 0.25) is 0 Å². The molecule has 19 heavy (non-hydrogen) atoms. The molecule has 2 rings (SSSR count). The molecule has 1 aromatic rings. The monoisotopic (exact) mass is 365 g/mol. The van der Waals surface area contributed by atoms with Gasteiger partial charge in [-0.05, 0) is 48.7 Å². The van der Waals surface area contributed by atoms with E-state index in [2.05, 4.69) is 15.9 Å². The number of halogens is 1. The third-order valence-electron chi connectivity index (χ3n) is 3.27. The molecule has 0 N–H and O–H groups in total. The predicted molar refractivity (Wildman–Crippen MR) is 79.0 cm³/mol. The Labute approximate surface area is 126 Å².